The number of hydrogen-bond donors (Lipinski definition) is 3. The summed E-state index contributed by atoms with van der Waals surface area (Å²) >= 11 is 3.66. The predicted molar refractivity (Wildman–Crippen MR) is 131 cm³/mol. The van der Waals surface area contributed by atoms with Crippen molar-refractivity contribution in [3.63, 3.8) is 0 Å². The first-order chi connectivity index (χ1) is 17.1. The van der Waals surface area contributed by atoms with Crippen molar-refractivity contribution in [1.82, 2.24) is 30.0 Å². The molecule has 2 aromatic rings. The number of hydrogen-bond acceptors (Lipinski definition) is 12. The van der Waals surface area contributed by atoms with Gasteiger partial charge < -0.3 is 15.3 Å². The molecule has 36 heavy (non-hydrogen) atoms. The second-order valence-corrected chi connectivity index (χ2v) is 10.6. The summed E-state index contributed by atoms with van der Waals surface area (Å²) in [5.41, 5.74) is -1.37. The number of thioether (sulfide) groups is 2. The summed E-state index contributed by atoms with van der Waals surface area (Å²) in [5.74, 6) is -2.18. The number of thiazole rings is 1. The van der Waals surface area contributed by atoms with Crippen molar-refractivity contribution in [1.29, 1.82) is 0 Å². The van der Waals surface area contributed by atoms with Gasteiger partial charge in [0.05, 0.1) is 5.01 Å². The van der Waals surface area contributed by atoms with Gasteiger partial charge in [-0.1, -0.05) is 16.9 Å². The van der Waals surface area contributed by atoms with Gasteiger partial charge in [-0.05, 0) is 12.5 Å². The SMILES string of the molecule is CO/N=C(/C(=O)NC1C(=O)N2C(C(=O)O)=C(CSc3nc(=O)c(=O)[nH]n3C)CSC12)c1csc(C)n1. The first kappa shape index (κ1) is 25.6. The number of rotatable bonds is 8. The fraction of sp³-hybridized carbons (Fsp3) is 0.368. The van der Waals surface area contributed by atoms with E-state index in [0.717, 1.165) is 16.7 Å². The maximum absolute atomic E-state index is 12.9. The van der Waals surface area contributed by atoms with Crippen molar-refractivity contribution >= 4 is 58.4 Å². The summed E-state index contributed by atoms with van der Waals surface area (Å²) in [6.07, 6.45) is 0. The highest BCUT2D eigenvalue weighted by Gasteiger charge is 2.54. The van der Waals surface area contributed by atoms with Crippen LogP contribution in [0.2, 0.25) is 0 Å². The Bertz CT molecular complexity index is 1430. The second kappa shape index (κ2) is 10.3. The summed E-state index contributed by atoms with van der Waals surface area (Å²) in [4.78, 5) is 74.6. The van der Waals surface area contributed by atoms with Crippen molar-refractivity contribution < 1.29 is 24.3 Å². The molecule has 2 aliphatic heterocycles. The Morgan fingerprint density at radius 1 is 1.36 bits per heavy atom. The van der Waals surface area contributed by atoms with Gasteiger partial charge in [-0.2, -0.15) is 4.98 Å². The van der Waals surface area contributed by atoms with Crippen LogP contribution in [0.15, 0.2) is 36.6 Å². The van der Waals surface area contributed by atoms with Crippen LogP contribution in [0.1, 0.15) is 10.7 Å². The minimum absolute atomic E-state index is 0.0981. The molecule has 14 nitrogen and oxygen atoms in total. The third-order valence-corrected chi connectivity index (χ3v) is 8.35. The van der Waals surface area contributed by atoms with Gasteiger partial charge in [0.15, 0.2) is 10.9 Å². The van der Waals surface area contributed by atoms with E-state index in [9.17, 15) is 29.1 Å². The molecular formula is C19H19N7O7S3. The van der Waals surface area contributed by atoms with Crippen LogP contribution in [0.5, 0.6) is 0 Å². The Balaban J connectivity index is 1.51. The van der Waals surface area contributed by atoms with Crippen LogP contribution in [0.4, 0.5) is 0 Å². The topological polar surface area (TPSA) is 189 Å². The highest BCUT2D eigenvalue weighted by Crippen LogP contribution is 2.41. The zero-order valence-corrected chi connectivity index (χ0v) is 21.5. The van der Waals surface area contributed by atoms with Crippen molar-refractivity contribution in [3.8, 4) is 0 Å². The average molecular weight is 554 g/mol. The van der Waals surface area contributed by atoms with Gasteiger partial charge in [-0.3, -0.25) is 33.9 Å². The van der Waals surface area contributed by atoms with E-state index in [1.54, 1.807) is 12.3 Å². The number of carboxylic acids is 1. The number of carboxylic acid groups (broad SMARTS) is 1. The van der Waals surface area contributed by atoms with Gasteiger partial charge in [0.25, 0.3) is 11.8 Å². The van der Waals surface area contributed by atoms with E-state index < -0.39 is 40.3 Å². The highest BCUT2D eigenvalue weighted by molar-refractivity contribution is 8.01. The molecule has 0 radical (unpaired) electrons. The van der Waals surface area contributed by atoms with E-state index in [0.29, 0.717) is 16.3 Å². The number of carbonyl (C=O) groups is 3. The average Bonchev–Trinajstić information content (AvgIpc) is 3.27. The second-order valence-electron chi connectivity index (χ2n) is 7.48. The number of amides is 2. The number of oxime groups is 1. The molecule has 0 aromatic carbocycles. The van der Waals surface area contributed by atoms with Gasteiger partial charge in [-0.25, -0.2) is 9.78 Å². The number of nitrogens with zero attached hydrogens (tertiary/aromatic N) is 5. The maximum atomic E-state index is 12.9. The van der Waals surface area contributed by atoms with Crippen LogP contribution in [0, 0.1) is 6.92 Å². The Morgan fingerprint density at radius 2 is 2.11 bits per heavy atom. The number of H-pyrrole nitrogens is 1. The number of aromatic amines is 1. The standard InChI is InChI=1S/C19H19N7O7S3/c1-7-20-9(6-34-7)10(24-33-3)13(27)21-11-16(30)26-12(18(31)32)8(4-35-17(11)26)5-36-19-22-14(28)15(29)23-25(19)2/h6,11,17H,4-5H2,1-3H3,(H,21,27)(H,23,29)(H,31,32)/b24-10+. The quantitative estimate of drug-likeness (QED) is 0.121. The first-order valence-corrected chi connectivity index (χ1v) is 13.1. The van der Waals surface area contributed by atoms with Crippen molar-refractivity contribution in [3.05, 3.63) is 48.1 Å². The normalized spacial score (nSPS) is 19.6. The summed E-state index contributed by atoms with van der Waals surface area (Å²) in [7, 11) is 2.78. The number of fused-ring (bicyclic) bond motifs is 1. The number of β-lactam (4-membered cyclic amide) rings is 1. The van der Waals surface area contributed by atoms with Gasteiger partial charge >= 0.3 is 17.1 Å². The largest absolute Gasteiger partial charge is 0.477 e. The molecular weight excluding hydrogens is 534 g/mol. The highest BCUT2D eigenvalue weighted by atomic mass is 32.2. The third kappa shape index (κ3) is 4.80. The van der Waals surface area contributed by atoms with Crippen LogP contribution in [-0.4, -0.2) is 83.3 Å². The minimum atomic E-state index is -1.29. The number of aromatic nitrogens is 4. The molecule has 2 atom stereocenters. The number of aliphatic carboxylic acids is 1. The Hall–Kier alpha value is -3.44. The lowest BCUT2D eigenvalue weighted by molar-refractivity contribution is -0.150. The molecule has 190 valence electrons. The van der Waals surface area contributed by atoms with E-state index >= 15 is 0 Å². The molecule has 2 amide bonds. The fourth-order valence-corrected chi connectivity index (χ4v) is 6.51. The van der Waals surface area contributed by atoms with Crippen LogP contribution >= 0.6 is 34.9 Å². The summed E-state index contributed by atoms with van der Waals surface area (Å²) in [6.45, 7) is 1.77. The summed E-state index contributed by atoms with van der Waals surface area (Å²) < 4.78 is 1.26. The van der Waals surface area contributed by atoms with Gasteiger partial charge in [0, 0.05) is 23.9 Å². The molecule has 0 bridgehead atoms. The molecule has 1 saturated heterocycles. The molecule has 2 unspecified atom stereocenters. The molecule has 2 aromatic heterocycles. The molecule has 3 N–H and O–H groups in total. The van der Waals surface area contributed by atoms with Crippen LogP contribution in [0.25, 0.3) is 0 Å². The Labute approximate surface area is 214 Å². The molecule has 1 fully saturated rings. The van der Waals surface area contributed by atoms with Crippen molar-refractivity contribution in [2.45, 2.75) is 23.5 Å². The van der Waals surface area contributed by atoms with Crippen LogP contribution in [0.3, 0.4) is 0 Å². The lowest BCUT2D eigenvalue weighted by atomic mass is 10.0. The smallest absolute Gasteiger partial charge is 0.352 e. The van der Waals surface area contributed by atoms with Gasteiger partial charge in [-0.15, -0.1) is 23.1 Å². The van der Waals surface area contributed by atoms with E-state index in [1.807, 2.05) is 0 Å². The summed E-state index contributed by atoms with van der Waals surface area (Å²) in [6, 6.07) is -0.963. The van der Waals surface area contributed by atoms with Gasteiger partial charge in [0.1, 0.15) is 29.9 Å². The van der Waals surface area contributed by atoms with Crippen molar-refractivity contribution in [2.75, 3.05) is 18.6 Å². The third-order valence-electron chi connectivity index (χ3n) is 5.12. The van der Waals surface area contributed by atoms with Crippen LogP contribution in [-0.2, 0) is 26.3 Å². The number of carbonyl (C=O) groups excluding carboxylic acids is 2. The zero-order valence-electron chi connectivity index (χ0n) is 19.0. The zero-order chi connectivity index (χ0) is 26.1. The van der Waals surface area contributed by atoms with Gasteiger partial charge in [0.2, 0.25) is 0 Å². The fourth-order valence-electron chi connectivity index (χ4n) is 3.51. The molecule has 2 aliphatic rings. The maximum Gasteiger partial charge on any atom is 0.352 e. The summed E-state index contributed by atoms with van der Waals surface area (Å²) in [5, 5.41) is 20.4. The first-order valence-electron chi connectivity index (χ1n) is 10.2. The lowest BCUT2D eigenvalue weighted by Crippen LogP contribution is -2.71. The number of aryl methyl sites for hydroxylation is 2. The molecule has 0 saturated carbocycles. The Morgan fingerprint density at radius 3 is 2.75 bits per heavy atom. The van der Waals surface area contributed by atoms with Crippen LogP contribution < -0.4 is 16.4 Å². The number of nitrogens with one attached hydrogen (secondary N) is 2. The Kier molecular flexibility index (Phi) is 7.32. The molecule has 0 aliphatic carbocycles. The molecule has 4 rings (SSSR count). The van der Waals surface area contributed by atoms with Crippen molar-refractivity contribution in [2.24, 2.45) is 12.2 Å². The van der Waals surface area contributed by atoms with E-state index in [2.05, 4.69) is 25.5 Å². The van der Waals surface area contributed by atoms with E-state index in [1.165, 1.54) is 41.9 Å². The minimum Gasteiger partial charge on any atom is -0.477 e. The van der Waals surface area contributed by atoms with E-state index in [-0.39, 0.29) is 28.1 Å². The predicted octanol–water partition coefficient (Wildman–Crippen LogP) is -0.885. The lowest BCUT2D eigenvalue weighted by Gasteiger charge is -2.49. The molecule has 0 spiro atoms. The monoisotopic (exact) mass is 553 g/mol. The van der Waals surface area contributed by atoms with E-state index in [4.69, 9.17) is 4.84 Å². The molecule has 17 heteroatoms. The molecule has 4 heterocycles.